The summed E-state index contributed by atoms with van der Waals surface area (Å²) in [5.74, 6) is -0.425. The summed E-state index contributed by atoms with van der Waals surface area (Å²) in [4.78, 5) is 26.0. The quantitative estimate of drug-likeness (QED) is 0.855. The van der Waals surface area contributed by atoms with E-state index in [4.69, 9.17) is 0 Å². The maximum Gasteiger partial charge on any atom is 0.256 e. The van der Waals surface area contributed by atoms with Crippen molar-refractivity contribution in [2.75, 3.05) is 10.2 Å². The monoisotopic (exact) mass is 310 g/mol. The molecule has 1 atom stereocenters. The number of rotatable bonds is 3. The highest BCUT2D eigenvalue weighted by Gasteiger charge is 2.39. The van der Waals surface area contributed by atoms with Crippen LogP contribution >= 0.6 is 0 Å². The molecule has 0 radical (unpaired) electrons. The minimum absolute atomic E-state index is 0.0954. The lowest BCUT2D eigenvalue weighted by Crippen LogP contribution is -2.35. The van der Waals surface area contributed by atoms with Gasteiger partial charge in [0.25, 0.3) is 5.91 Å². The van der Waals surface area contributed by atoms with Crippen molar-refractivity contribution in [1.82, 2.24) is 0 Å². The Hall–Kier alpha value is -2.82. The van der Waals surface area contributed by atoms with Gasteiger partial charge in [-0.2, -0.15) is 0 Å². The van der Waals surface area contributed by atoms with Crippen molar-refractivity contribution in [2.24, 2.45) is 0 Å². The molecule has 1 heterocycles. The number of phenolic OH excluding ortho intramolecular Hbond substituents is 1. The van der Waals surface area contributed by atoms with E-state index in [-0.39, 0.29) is 24.0 Å². The summed E-state index contributed by atoms with van der Waals surface area (Å²) in [6.45, 7) is 3.93. The zero-order valence-electron chi connectivity index (χ0n) is 13.0. The standard InChI is InChI=1S/C18H18N2O3/c1-11-4-3-5-12(2)17(11)19-15-10-16(22)20(18(15)23)13-6-8-14(21)9-7-13/h3-9,15,19,21H,10H2,1-2H3. The number of carbonyl (C=O) groups is 2. The van der Waals surface area contributed by atoms with Crippen molar-refractivity contribution >= 4 is 23.2 Å². The topological polar surface area (TPSA) is 69.6 Å². The van der Waals surface area contributed by atoms with Gasteiger partial charge in [-0.3, -0.25) is 9.59 Å². The molecule has 23 heavy (non-hydrogen) atoms. The Morgan fingerprint density at radius 3 is 2.26 bits per heavy atom. The maximum atomic E-state index is 12.6. The number of aromatic hydroxyl groups is 1. The van der Waals surface area contributed by atoms with Gasteiger partial charge in [-0.05, 0) is 49.2 Å². The summed E-state index contributed by atoms with van der Waals surface area (Å²) in [6, 6.07) is 11.4. The first-order chi connectivity index (χ1) is 11.0. The Bertz CT molecular complexity index is 748. The van der Waals surface area contributed by atoms with Crippen molar-refractivity contribution < 1.29 is 14.7 Å². The van der Waals surface area contributed by atoms with Crippen LogP contribution in [0.1, 0.15) is 17.5 Å². The molecule has 5 heteroatoms. The molecule has 1 aliphatic heterocycles. The second kappa shape index (κ2) is 5.76. The number of nitrogens with one attached hydrogen (secondary N) is 1. The summed E-state index contributed by atoms with van der Waals surface area (Å²) in [5.41, 5.74) is 3.44. The molecule has 2 aromatic rings. The van der Waals surface area contributed by atoms with Crippen molar-refractivity contribution in [3.8, 4) is 5.75 Å². The van der Waals surface area contributed by atoms with Crippen LogP contribution in [0, 0.1) is 13.8 Å². The van der Waals surface area contributed by atoms with E-state index in [9.17, 15) is 14.7 Å². The molecule has 3 rings (SSSR count). The number of hydrogen-bond donors (Lipinski definition) is 2. The fourth-order valence-corrected chi connectivity index (χ4v) is 2.83. The van der Waals surface area contributed by atoms with E-state index in [0.717, 1.165) is 16.8 Å². The highest BCUT2D eigenvalue weighted by Crippen LogP contribution is 2.28. The molecule has 1 saturated heterocycles. The summed E-state index contributed by atoms with van der Waals surface area (Å²) in [6.07, 6.45) is 0.119. The summed E-state index contributed by atoms with van der Waals surface area (Å²) < 4.78 is 0. The molecule has 1 fully saturated rings. The summed E-state index contributed by atoms with van der Waals surface area (Å²) in [7, 11) is 0. The van der Waals surface area contributed by atoms with E-state index in [1.807, 2.05) is 32.0 Å². The number of imide groups is 1. The molecule has 1 aliphatic rings. The van der Waals surface area contributed by atoms with E-state index in [2.05, 4.69) is 5.32 Å². The molecule has 0 spiro atoms. The Kier molecular flexibility index (Phi) is 3.78. The Balaban J connectivity index is 1.85. The average molecular weight is 310 g/mol. The van der Waals surface area contributed by atoms with Gasteiger partial charge in [0.2, 0.25) is 5.91 Å². The number of carbonyl (C=O) groups excluding carboxylic acids is 2. The highest BCUT2D eigenvalue weighted by atomic mass is 16.3. The first-order valence-electron chi connectivity index (χ1n) is 7.46. The number of amides is 2. The first-order valence-corrected chi connectivity index (χ1v) is 7.46. The predicted molar refractivity (Wildman–Crippen MR) is 88.5 cm³/mol. The van der Waals surface area contributed by atoms with E-state index >= 15 is 0 Å². The van der Waals surface area contributed by atoms with Gasteiger partial charge in [-0.15, -0.1) is 0 Å². The van der Waals surface area contributed by atoms with Gasteiger partial charge in [0, 0.05) is 5.69 Å². The van der Waals surface area contributed by atoms with Crippen LogP contribution in [0.5, 0.6) is 5.75 Å². The van der Waals surface area contributed by atoms with E-state index in [1.54, 1.807) is 12.1 Å². The molecule has 2 amide bonds. The Morgan fingerprint density at radius 2 is 1.65 bits per heavy atom. The summed E-state index contributed by atoms with van der Waals surface area (Å²) >= 11 is 0. The second-order valence-corrected chi connectivity index (χ2v) is 5.75. The third-order valence-corrected chi connectivity index (χ3v) is 4.05. The molecular weight excluding hydrogens is 292 g/mol. The predicted octanol–water partition coefficient (Wildman–Crippen LogP) is 2.75. The number of hydrogen-bond acceptors (Lipinski definition) is 4. The second-order valence-electron chi connectivity index (χ2n) is 5.75. The van der Waals surface area contributed by atoms with E-state index in [1.165, 1.54) is 17.0 Å². The fraction of sp³-hybridized carbons (Fsp3) is 0.222. The first kappa shape index (κ1) is 15.1. The van der Waals surface area contributed by atoms with Crippen molar-refractivity contribution in [3.05, 3.63) is 53.6 Å². The van der Waals surface area contributed by atoms with Crippen LogP contribution < -0.4 is 10.2 Å². The highest BCUT2D eigenvalue weighted by molar-refractivity contribution is 6.23. The van der Waals surface area contributed by atoms with Crippen LogP contribution in [0.2, 0.25) is 0 Å². The lowest BCUT2D eigenvalue weighted by molar-refractivity contribution is -0.121. The SMILES string of the molecule is Cc1cccc(C)c1NC1CC(=O)N(c2ccc(O)cc2)C1=O. The van der Waals surface area contributed by atoms with Crippen LogP contribution in [-0.2, 0) is 9.59 Å². The van der Waals surface area contributed by atoms with E-state index < -0.39 is 6.04 Å². The molecule has 0 saturated carbocycles. The number of aryl methyl sites for hydroxylation is 2. The maximum absolute atomic E-state index is 12.6. The smallest absolute Gasteiger partial charge is 0.256 e. The van der Waals surface area contributed by atoms with Gasteiger partial charge in [0.05, 0.1) is 12.1 Å². The fourth-order valence-electron chi connectivity index (χ4n) is 2.83. The largest absolute Gasteiger partial charge is 0.508 e. The lowest BCUT2D eigenvalue weighted by Gasteiger charge is -2.18. The third-order valence-electron chi connectivity index (χ3n) is 4.05. The Morgan fingerprint density at radius 1 is 1.04 bits per heavy atom. The van der Waals surface area contributed by atoms with Crippen molar-refractivity contribution in [3.63, 3.8) is 0 Å². The van der Waals surface area contributed by atoms with Crippen LogP contribution in [0.4, 0.5) is 11.4 Å². The van der Waals surface area contributed by atoms with Gasteiger partial charge in [0.1, 0.15) is 11.8 Å². The van der Waals surface area contributed by atoms with Gasteiger partial charge < -0.3 is 10.4 Å². The molecule has 2 aromatic carbocycles. The normalized spacial score (nSPS) is 17.7. The zero-order valence-corrected chi connectivity index (χ0v) is 13.0. The Labute approximate surface area is 134 Å². The van der Waals surface area contributed by atoms with Crippen LogP contribution in [-0.4, -0.2) is 23.0 Å². The number of benzene rings is 2. The van der Waals surface area contributed by atoms with Gasteiger partial charge in [-0.1, -0.05) is 18.2 Å². The molecular formula is C18H18N2O3. The molecule has 5 nitrogen and oxygen atoms in total. The number of phenols is 1. The van der Waals surface area contributed by atoms with Crippen molar-refractivity contribution in [1.29, 1.82) is 0 Å². The number of anilines is 2. The van der Waals surface area contributed by atoms with Gasteiger partial charge >= 0.3 is 0 Å². The molecule has 0 bridgehead atoms. The minimum Gasteiger partial charge on any atom is -0.508 e. The minimum atomic E-state index is -0.573. The molecule has 118 valence electrons. The molecule has 1 unspecified atom stereocenters. The molecule has 0 aromatic heterocycles. The number of para-hydroxylation sites is 1. The van der Waals surface area contributed by atoms with Crippen LogP contribution in [0.15, 0.2) is 42.5 Å². The van der Waals surface area contributed by atoms with E-state index in [0.29, 0.717) is 5.69 Å². The molecule has 0 aliphatic carbocycles. The average Bonchev–Trinajstić information content (AvgIpc) is 2.79. The van der Waals surface area contributed by atoms with Gasteiger partial charge in [0.15, 0.2) is 0 Å². The molecule has 2 N–H and O–H groups in total. The van der Waals surface area contributed by atoms with Gasteiger partial charge in [-0.25, -0.2) is 4.90 Å². The lowest BCUT2D eigenvalue weighted by atomic mass is 10.1. The van der Waals surface area contributed by atoms with Crippen LogP contribution in [0.3, 0.4) is 0 Å². The third kappa shape index (κ3) is 2.77. The van der Waals surface area contributed by atoms with Crippen LogP contribution in [0.25, 0.3) is 0 Å². The zero-order chi connectivity index (χ0) is 16.6. The number of nitrogens with zero attached hydrogens (tertiary/aromatic N) is 1. The summed E-state index contributed by atoms with van der Waals surface area (Å²) in [5, 5.41) is 12.5. The van der Waals surface area contributed by atoms with Crippen molar-refractivity contribution in [2.45, 2.75) is 26.3 Å².